The van der Waals surface area contributed by atoms with Gasteiger partial charge in [-0.2, -0.15) is 0 Å². The summed E-state index contributed by atoms with van der Waals surface area (Å²) >= 11 is 5.82. The van der Waals surface area contributed by atoms with Crippen LogP contribution in [0.15, 0.2) is 65.2 Å². The van der Waals surface area contributed by atoms with Crippen LogP contribution >= 0.6 is 11.6 Å². The van der Waals surface area contributed by atoms with Crippen molar-refractivity contribution in [1.29, 1.82) is 0 Å². The number of hydrogen-bond acceptors (Lipinski definition) is 3. The molecule has 0 saturated carbocycles. The van der Waals surface area contributed by atoms with Crippen LogP contribution in [0.1, 0.15) is 5.56 Å². The Bertz CT molecular complexity index is 691. The second-order valence-electron chi connectivity index (χ2n) is 4.29. The van der Waals surface area contributed by atoms with E-state index >= 15 is 0 Å². The lowest BCUT2D eigenvalue weighted by Crippen LogP contribution is -2.19. The van der Waals surface area contributed by atoms with Gasteiger partial charge in [-0.15, -0.1) is 0 Å². The van der Waals surface area contributed by atoms with Crippen molar-refractivity contribution in [3.05, 3.63) is 70.8 Å². The molecule has 2 aromatic rings. The van der Waals surface area contributed by atoms with E-state index in [0.717, 1.165) is 0 Å². The van der Waals surface area contributed by atoms with Crippen LogP contribution in [0.5, 0.6) is 0 Å². The lowest BCUT2D eigenvalue weighted by molar-refractivity contribution is -0.114. The minimum Gasteiger partial charge on any atom is -0.398 e. The van der Waals surface area contributed by atoms with Gasteiger partial charge in [0, 0.05) is 11.2 Å². The monoisotopic (exact) mass is 299 g/mol. The molecule has 0 radical (unpaired) electrons. The van der Waals surface area contributed by atoms with Gasteiger partial charge < -0.3 is 11.5 Å². The number of aliphatic imine (C=N–C) groups is 1. The molecule has 0 atom stereocenters. The maximum absolute atomic E-state index is 11.6. The molecular weight excluding hydrogens is 286 g/mol. The van der Waals surface area contributed by atoms with E-state index in [2.05, 4.69) is 4.99 Å². The SMILES string of the molecule is NC(=O)/C(C=Nc1ccccc1)=C(/N)c1ccc(Cl)cc1. The van der Waals surface area contributed by atoms with Gasteiger partial charge in [0.2, 0.25) is 0 Å². The molecule has 0 fully saturated rings. The molecule has 0 bridgehead atoms. The summed E-state index contributed by atoms with van der Waals surface area (Å²) in [4.78, 5) is 15.8. The van der Waals surface area contributed by atoms with E-state index in [1.54, 1.807) is 24.3 Å². The number of halogens is 1. The quantitative estimate of drug-likeness (QED) is 0.672. The lowest BCUT2D eigenvalue weighted by Gasteiger charge is -2.05. The molecule has 0 aliphatic rings. The maximum Gasteiger partial charge on any atom is 0.252 e. The van der Waals surface area contributed by atoms with Crippen molar-refractivity contribution >= 4 is 35.1 Å². The molecular formula is C16H14ClN3O. The average Bonchev–Trinajstić information content (AvgIpc) is 2.48. The Balaban J connectivity index is 2.38. The first-order chi connectivity index (χ1) is 10.1. The number of carbonyl (C=O) groups is 1. The largest absolute Gasteiger partial charge is 0.398 e. The predicted octanol–water partition coefficient (Wildman–Crippen LogP) is 2.90. The number of nitrogens with zero attached hydrogens (tertiary/aromatic N) is 1. The number of benzene rings is 2. The van der Waals surface area contributed by atoms with Crippen molar-refractivity contribution in [2.75, 3.05) is 0 Å². The Kier molecular flexibility index (Phi) is 4.74. The molecule has 106 valence electrons. The highest BCUT2D eigenvalue weighted by atomic mass is 35.5. The lowest BCUT2D eigenvalue weighted by atomic mass is 10.1. The van der Waals surface area contributed by atoms with Crippen LogP contribution in [0.4, 0.5) is 5.69 Å². The van der Waals surface area contributed by atoms with Crippen LogP contribution in [-0.4, -0.2) is 12.1 Å². The fourth-order valence-corrected chi connectivity index (χ4v) is 1.83. The highest BCUT2D eigenvalue weighted by Gasteiger charge is 2.09. The highest BCUT2D eigenvalue weighted by Crippen LogP contribution is 2.17. The fourth-order valence-electron chi connectivity index (χ4n) is 1.70. The minimum atomic E-state index is -0.637. The molecule has 1 amide bonds. The van der Waals surface area contributed by atoms with Crippen molar-refractivity contribution in [3.8, 4) is 0 Å². The molecule has 0 aliphatic heterocycles. The number of para-hydroxylation sites is 1. The second-order valence-corrected chi connectivity index (χ2v) is 4.73. The van der Waals surface area contributed by atoms with E-state index in [1.807, 2.05) is 30.3 Å². The number of nitrogens with two attached hydrogens (primary N) is 2. The highest BCUT2D eigenvalue weighted by molar-refractivity contribution is 6.30. The van der Waals surface area contributed by atoms with Crippen molar-refractivity contribution in [3.63, 3.8) is 0 Å². The number of primary amides is 1. The summed E-state index contributed by atoms with van der Waals surface area (Å²) in [5.74, 6) is -0.637. The molecule has 21 heavy (non-hydrogen) atoms. The minimum absolute atomic E-state index is 0.154. The van der Waals surface area contributed by atoms with Crippen LogP contribution in [0, 0.1) is 0 Å². The molecule has 2 aromatic carbocycles. The Morgan fingerprint density at radius 2 is 1.62 bits per heavy atom. The van der Waals surface area contributed by atoms with Gasteiger partial charge in [0.1, 0.15) is 0 Å². The first kappa shape index (κ1) is 14.8. The molecule has 0 heterocycles. The number of hydrogen-bond donors (Lipinski definition) is 2. The zero-order valence-electron chi connectivity index (χ0n) is 11.2. The van der Waals surface area contributed by atoms with Crippen LogP contribution < -0.4 is 11.5 Å². The summed E-state index contributed by atoms with van der Waals surface area (Å²) in [5.41, 5.74) is 13.2. The van der Waals surface area contributed by atoms with Crippen molar-refractivity contribution < 1.29 is 4.79 Å². The Morgan fingerprint density at radius 1 is 1.00 bits per heavy atom. The van der Waals surface area contributed by atoms with Gasteiger partial charge in [0.25, 0.3) is 5.91 Å². The molecule has 0 saturated heterocycles. The van der Waals surface area contributed by atoms with Crippen LogP contribution in [0.3, 0.4) is 0 Å². The van der Waals surface area contributed by atoms with Crippen LogP contribution in [-0.2, 0) is 4.79 Å². The third-order valence-electron chi connectivity index (χ3n) is 2.81. The van der Waals surface area contributed by atoms with Crippen LogP contribution in [0.2, 0.25) is 5.02 Å². The molecule has 4 N–H and O–H groups in total. The van der Waals surface area contributed by atoms with E-state index in [1.165, 1.54) is 6.21 Å². The van der Waals surface area contributed by atoms with Gasteiger partial charge in [-0.25, -0.2) is 0 Å². The van der Waals surface area contributed by atoms with E-state index in [4.69, 9.17) is 23.1 Å². The zero-order valence-corrected chi connectivity index (χ0v) is 11.9. The Hall–Kier alpha value is -2.59. The van der Waals surface area contributed by atoms with E-state index < -0.39 is 5.91 Å². The summed E-state index contributed by atoms with van der Waals surface area (Å²) in [6.07, 6.45) is 1.38. The summed E-state index contributed by atoms with van der Waals surface area (Å²) < 4.78 is 0. The molecule has 0 spiro atoms. The molecule has 0 unspecified atom stereocenters. The van der Waals surface area contributed by atoms with Gasteiger partial charge in [-0.1, -0.05) is 41.9 Å². The third kappa shape index (κ3) is 3.94. The number of rotatable bonds is 4. The normalized spacial score (nSPS) is 12.2. The van der Waals surface area contributed by atoms with E-state index in [0.29, 0.717) is 16.3 Å². The van der Waals surface area contributed by atoms with Gasteiger partial charge >= 0.3 is 0 Å². The van der Waals surface area contributed by atoms with Crippen molar-refractivity contribution in [2.24, 2.45) is 16.5 Å². The van der Waals surface area contributed by atoms with Crippen molar-refractivity contribution in [1.82, 2.24) is 0 Å². The van der Waals surface area contributed by atoms with Crippen molar-refractivity contribution in [2.45, 2.75) is 0 Å². The average molecular weight is 300 g/mol. The number of amides is 1. The molecule has 4 nitrogen and oxygen atoms in total. The summed E-state index contributed by atoms with van der Waals surface area (Å²) in [6.45, 7) is 0. The zero-order chi connectivity index (χ0) is 15.2. The maximum atomic E-state index is 11.6. The summed E-state index contributed by atoms with van der Waals surface area (Å²) in [7, 11) is 0. The first-order valence-corrected chi connectivity index (χ1v) is 6.60. The Morgan fingerprint density at radius 3 is 2.19 bits per heavy atom. The standard InChI is InChI=1S/C16H14ClN3O/c17-12-8-6-11(7-9-12)15(18)14(16(19)21)10-20-13-4-2-1-3-5-13/h1-10H,18H2,(H2,19,21)/b15-14+,20-10?. The molecule has 2 rings (SSSR count). The molecule has 0 aliphatic carbocycles. The molecule has 5 heteroatoms. The summed E-state index contributed by atoms with van der Waals surface area (Å²) in [6, 6.07) is 16.0. The van der Waals surface area contributed by atoms with Gasteiger partial charge in [-0.3, -0.25) is 9.79 Å². The third-order valence-corrected chi connectivity index (χ3v) is 3.06. The van der Waals surface area contributed by atoms with Gasteiger partial charge in [-0.05, 0) is 29.8 Å². The first-order valence-electron chi connectivity index (χ1n) is 6.22. The van der Waals surface area contributed by atoms with E-state index in [-0.39, 0.29) is 11.3 Å². The van der Waals surface area contributed by atoms with Gasteiger partial charge in [0.15, 0.2) is 0 Å². The number of carbonyl (C=O) groups excluding carboxylic acids is 1. The second kappa shape index (κ2) is 6.72. The fraction of sp³-hybridized carbons (Fsp3) is 0. The Labute approximate surface area is 127 Å². The van der Waals surface area contributed by atoms with E-state index in [9.17, 15) is 4.79 Å². The topological polar surface area (TPSA) is 81.5 Å². The van der Waals surface area contributed by atoms with Crippen LogP contribution in [0.25, 0.3) is 5.70 Å². The predicted molar refractivity (Wildman–Crippen MR) is 86.3 cm³/mol. The smallest absolute Gasteiger partial charge is 0.252 e. The molecule has 0 aromatic heterocycles. The summed E-state index contributed by atoms with van der Waals surface area (Å²) in [5, 5.41) is 0.588. The van der Waals surface area contributed by atoms with Gasteiger partial charge in [0.05, 0.1) is 17.0 Å².